The summed E-state index contributed by atoms with van der Waals surface area (Å²) < 4.78 is 0. The lowest BCUT2D eigenvalue weighted by Crippen LogP contribution is -2.29. The number of aliphatic carboxylic acids is 1. The Kier molecular flexibility index (Phi) is 7.50. The van der Waals surface area contributed by atoms with E-state index in [1.807, 2.05) is 17.5 Å². The van der Waals surface area contributed by atoms with E-state index < -0.39 is 23.3 Å². The molecule has 10 heteroatoms. The van der Waals surface area contributed by atoms with Gasteiger partial charge in [-0.3, -0.25) is 19.7 Å². The number of nitro benzene ring substituents is 1. The Morgan fingerprint density at radius 1 is 1.22 bits per heavy atom. The van der Waals surface area contributed by atoms with Crippen molar-refractivity contribution in [1.82, 2.24) is 10.3 Å². The second kappa shape index (κ2) is 10.5. The molecule has 1 heterocycles. The number of hydrogen-bond donors (Lipinski definition) is 2. The van der Waals surface area contributed by atoms with E-state index in [1.165, 1.54) is 23.5 Å². The van der Waals surface area contributed by atoms with Gasteiger partial charge in [-0.25, -0.2) is 4.98 Å². The van der Waals surface area contributed by atoms with Crippen LogP contribution in [0.1, 0.15) is 29.3 Å². The normalized spacial score (nSPS) is 10.5. The van der Waals surface area contributed by atoms with Crippen LogP contribution in [0, 0.1) is 10.1 Å². The Labute approximate surface area is 188 Å². The number of hydrogen-bond acceptors (Lipinski definition) is 7. The average Bonchev–Trinajstić information content (AvgIpc) is 3.28. The number of anilines is 1. The Balaban J connectivity index is 1.74. The minimum atomic E-state index is -1.10. The molecule has 166 valence electrons. The van der Waals surface area contributed by atoms with Crippen LogP contribution in [0.2, 0.25) is 0 Å². The highest BCUT2D eigenvalue weighted by Crippen LogP contribution is 2.30. The summed E-state index contributed by atoms with van der Waals surface area (Å²) in [5, 5.41) is 24.7. The Bertz CT molecular complexity index is 1110. The number of carboxylic acids is 1. The quantitative estimate of drug-likeness (QED) is 0.351. The lowest BCUT2D eigenvalue weighted by atomic mass is 10.1. The van der Waals surface area contributed by atoms with Gasteiger partial charge in [-0.15, -0.1) is 11.3 Å². The van der Waals surface area contributed by atoms with Gasteiger partial charge >= 0.3 is 5.97 Å². The fourth-order valence-electron chi connectivity index (χ4n) is 3.07. The zero-order valence-corrected chi connectivity index (χ0v) is 18.2. The van der Waals surface area contributed by atoms with E-state index in [0.717, 1.165) is 23.7 Å². The van der Waals surface area contributed by atoms with Crippen LogP contribution >= 0.6 is 11.3 Å². The van der Waals surface area contributed by atoms with E-state index >= 15 is 0 Å². The highest BCUT2D eigenvalue weighted by Gasteiger charge is 2.15. The number of nitrogens with zero attached hydrogens (tertiary/aromatic N) is 3. The molecule has 9 nitrogen and oxygen atoms in total. The average molecular weight is 455 g/mol. The number of non-ortho nitro benzene ring substituents is 1. The second-order valence-electron chi connectivity index (χ2n) is 7.02. The molecule has 0 aliphatic rings. The number of rotatable bonds is 10. The van der Waals surface area contributed by atoms with Crippen LogP contribution < -0.4 is 10.2 Å². The molecule has 2 N–H and O–H groups in total. The van der Waals surface area contributed by atoms with Gasteiger partial charge in [0.1, 0.15) is 6.54 Å². The first-order valence-corrected chi connectivity index (χ1v) is 10.8. The third-order valence-electron chi connectivity index (χ3n) is 4.60. The minimum Gasteiger partial charge on any atom is -0.480 e. The summed E-state index contributed by atoms with van der Waals surface area (Å²) in [5.74, 6) is -1.54. The summed E-state index contributed by atoms with van der Waals surface area (Å²) in [5.41, 5.74) is 2.75. The molecule has 3 rings (SSSR count). The molecule has 0 bridgehead atoms. The molecule has 2 aromatic carbocycles. The SMILES string of the molecule is CCCN(Cc1ccc(C(=O)NCC(=O)O)cc1)c1nc(-c2cccc([N+](=O)[O-])c2)cs1. The zero-order chi connectivity index (χ0) is 23.1. The van der Waals surface area contributed by atoms with Gasteiger partial charge in [0, 0.05) is 41.7 Å². The monoisotopic (exact) mass is 454 g/mol. The molecule has 1 aromatic heterocycles. The highest BCUT2D eigenvalue weighted by molar-refractivity contribution is 7.14. The van der Waals surface area contributed by atoms with Crippen molar-refractivity contribution in [3.8, 4) is 11.3 Å². The summed E-state index contributed by atoms with van der Waals surface area (Å²) in [7, 11) is 0. The van der Waals surface area contributed by atoms with Crippen LogP contribution in [0.5, 0.6) is 0 Å². The number of carbonyl (C=O) groups excluding carboxylic acids is 1. The molecule has 0 atom stereocenters. The van der Waals surface area contributed by atoms with Crippen LogP contribution in [0.25, 0.3) is 11.3 Å². The molecule has 0 unspecified atom stereocenters. The predicted octanol–water partition coefficient (Wildman–Crippen LogP) is 3.95. The first kappa shape index (κ1) is 22.9. The van der Waals surface area contributed by atoms with Crippen molar-refractivity contribution < 1.29 is 19.6 Å². The maximum atomic E-state index is 12.0. The maximum Gasteiger partial charge on any atom is 0.322 e. The number of carbonyl (C=O) groups is 2. The third-order valence-corrected chi connectivity index (χ3v) is 5.50. The van der Waals surface area contributed by atoms with E-state index in [2.05, 4.69) is 22.1 Å². The molecule has 0 radical (unpaired) electrons. The van der Waals surface area contributed by atoms with E-state index in [9.17, 15) is 19.7 Å². The molecule has 0 aliphatic carbocycles. The van der Waals surface area contributed by atoms with Gasteiger partial charge in [0.25, 0.3) is 11.6 Å². The van der Waals surface area contributed by atoms with Gasteiger partial charge in [0.15, 0.2) is 5.13 Å². The summed E-state index contributed by atoms with van der Waals surface area (Å²) >= 11 is 1.47. The van der Waals surface area contributed by atoms with Crippen LogP contribution in [0.3, 0.4) is 0 Å². The molecular formula is C22H22N4O5S. The molecule has 32 heavy (non-hydrogen) atoms. The molecule has 0 fully saturated rings. The smallest absolute Gasteiger partial charge is 0.322 e. The fourth-order valence-corrected chi connectivity index (χ4v) is 3.93. The van der Waals surface area contributed by atoms with Crippen molar-refractivity contribution in [3.63, 3.8) is 0 Å². The van der Waals surface area contributed by atoms with E-state index in [0.29, 0.717) is 23.4 Å². The van der Waals surface area contributed by atoms with Gasteiger partial charge < -0.3 is 15.3 Å². The van der Waals surface area contributed by atoms with Gasteiger partial charge in [-0.1, -0.05) is 31.2 Å². The van der Waals surface area contributed by atoms with Gasteiger partial charge in [-0.2, -0.15) is 0 Å². The lowest BCUT2D eigenvalue weighted by Gasteiger charge is -2.21. The van der Waals surface area contributed by atoms with Gasteiger partial charge in [0.2, 0.25) is 0 Å². The minimum absolute atomic E-state index is 0.0231. The van der Waals surface area contributed by atoms with Crippen LogP contribution in [-0.2, 0) is 11.3 Å². The van der Waals surface area contributed by atoms with Crippen LogP contribution in [0.4, 0.5) is 10.8 Å². The summed E-state index contributed by atoms with van der Waals surface area (Å²) in [6, 6.07) is 13.4. The van der Waals surface area contributed by atoms with Crippen molar-refractivity contribution in [1.29, 1.82) is 0 Å². The topological polar surface area (TPSA) is 126 Å². The van der Waals surface area contributed by atoms with E-state index in [1.54, 1.807) is 24.3 Å². The van der Waals surface area contributed by atoms with Gasteiger partial charge in [-0.05, 0) is 24.1 Å². The molecule has 1 amide bonds. The first-order valence-electron chi connectivity index (χ1n) is 9.91. The largest absolute Gasteiger partial charge is 0.480 e. The molecule has 0 spiro atoms. The molecule has 0 aliphatic heterocycles. The van der Waals surface area contributed by atoms with Gasteiger partial charge in [0.05, 0.1) is 10.6 Å². The van der Waals surface area contributed by atoms with Crippen LogP contribution in [-0.4, -0.2) is 40.0 Å². The summed E-state index contributed by atoms with van der Waals surface area (Å²) in [4.78, 5) is 40.0. The zero-order valence-electron chi connectivity index (χ0n) is 17.4. The predicted molar refractivity (Wildman–Crippen MR) is 122 cm³/mol. The fraction of sp³-hybridized carbons (Fsp3) is 0.227. The molecule has 3 aromatic rings. The number of thiazole rings is 1. The number of carboxylic acid groups (broad SMARTS) is 1. The number of benzene rings is 2. The van der Waals surface area contributed by atoms with Crippen molar-refractivity contribution in [3.05, 3.63) is 75.2 Å². The lowest BCUT2D eigenvalue weighted by molar-refractivity contribution is -0.384. The summed E-state index contributed by atoms with van der Waals surface area (Å²) in [6.07, 6.45) is 0.904. The van der Waals surface area contributed by atoms with E-state index in [-0.39, 0.29) is 5.69 Å². The molecule has 0 saturated heterocycles. The second-order valence-corrected chi connectivity index (χ2v) is 7.85. The maximum absolute atomic E-state index is 12.0. The summed E-state index contributed by atoms with van der Waals surface area (Å²) in [6.45, 7) is 2.98. The van der Waals surface area contributed by atoms with Crippen molar-refractivity contribution in [2.24, 2.45) is 0 Å². The highest BCUT2D eigenvalue weighted by atomic mass is 32.1. The van der Waals surface area contributed by atoms with Crippen molar-refractivity contribution in [2.75, 3.05) is 18.0 Å². The Hall–Kier alpha value is -3.79. The molecular weight excluding hydrogens is 432 g/mol. The third kappa shape index (κ3) is 5.88. The molecule has 0 saturated carbocycles. The Morgan fingerprint density at radius 3 is 2.62 bits per heavy atom. The number of amides is 1. The number of aromatic nitrogens is 1. The first-order chi connectivity index (χ1) is 15.4. The van der Waals surface area contributed by atoms with Crippen molar-refractivity contribution >= 4 is 34.0 Å². The van der Waals surface area contributed by atoms with E-state index in [4.69, 9.17) is 5.11 Å². The number of nitro groups is 1. The van der Waals surface area contributed by atoms with Crippen molar-refractivity contribution in [2.45, 2.75) is 19.9 Å². The Morgan fingerprint density at radius 2 is 1.97 bits per heavy atom. The standard InChI is InChI=1S/C22H22N4O5S/c1-2-10-25(13-15-6-8-16(9-7-15)21(29)23-12-20(27)28)22-24-19(14-32-22)17-4-3-5-18(11-17)26(30)31/h3-9,11,14H,2,10,12-13H2,1H3,(H,23,29)(H,27,28). The number of nitrogens with one attached hydrogen (secondary N) is 1. The van der Waals surface area contributed by atoms with Crippen LogP contribution in [0.15, 0.2) is 53.9 Å².